The van der Waals surface area contributed by atoms with Gasteiger partial charge in [0, 0.05) is 18.2 Å². The number of hydrogen-bond donors (Lipinski definition) is 1. The van der Waals surface area contributed by atoms with Crippen LogP contribution in [0, 0.1) is 0 Å². The summed E-state index contributed by atoms with van der Waals surface area (Å²) in [7, 11) is 0. The number of aromatic nitrogens is 1. The van der Waals surface area contributed by atoms with Gasteiger partial charge in [0.05, 0.1) is 0 Å². The Kier molecular flexibility index (Phi) is 3.23. The number of benzene rings is 2. The number of nitrogens with one attached hydrogen (secondary N) is 1. The molecule has 0 aliphatic rings. The van der Waals surface area contributed by atoms with Gasteiger partial charge in [-0.25, -0.2) is 4.98 Å². The summed E-state index contributed by atoms with van der Waals surface area (Å²) in [5.41, 5.74) is 2.18. The van der Waals surface area contributed by atoms with E-state index in [9.17, 15) is 9.59 Å². The Bertz CT molecular complexity index is 803. The third-order valence-corrected chi connectivity index (χ3v) is 2.93. The zero-order valence-corrected chi connectivity index (χ0v) is 11.3. The summed E-state index contributed by atoms with van der Waals surface area (Å²) in [6.07, 6.45) is 0. The number of carbonyl (C=O) groups excluding carboxylic acids is 2. The number of hydrogen-bond acceptors (Lipinski definition) is 4. The number of para-hydroxylation sites is 2. The van der Waals surface area contributed by atoms with Crippen LogP contribution in [0.1, 0.15) is 23.2 Å². The molecule has 0 atom stereocenters. The van der Waals surface area contributed by atoms with E-state index in [1.54, 1.807) is 36.4 Å². The summed E-state index contributed by atoms with van der Waals surface area (Å²) < 4.78 is 5.46. The van der Waals surface area contributed by atoms with Gasteiger partial charge in [0.15, 0.2) is 5.58 Å². The fourth-order valence-corrected chi connectivity index (χ4v) is 2.03. The lowest BCUT2D eigenvalue weighted by molar-refractivity contribution is -0.114. The lowest BCUT2D eigenvalue weighted by Gasteiger charge is -2.03. The van der Waals surface area contributed by atoms with Gasteiger partial charge in [-0.1, -0.05) is 24.3 Å². The van der Waals surface area contributed by atoms with Gasteiger partial charge in [-0.15, -0.1) is 0 Å². The van der Waals surface area contributed by atoms with Crippen molar-refractivity contribution in [2.75, 3.05) is 5.32 Å². The van der Waals surface area contributed by atoms with Crippen molar-refractivity contribution < 1.29 is 14.0 Å². The molecule has 2 aromatic carbocycles. The van der Waals surface area contributed by atoms with Crippen LogP contribution in [0.25, 0.3) is 11.1 Å². The molecule has 5 nitrogen and oxygen atoms in total. The molecule has 0 saturated carbocycles. The van der Waals surface area contributed by atoms with E-state index in [2.05, 4.69) is 10.3 Å². The van der Waals surface area contributed by atoms with E-state index in [1.165, 1.54) is 6.92 Å². The molecule has 0 fully saturated rings. The number of ketones is 1. The molecule has 1 amide bonds. The average molecular weight is 280 g/mol. The molecule has 0 bridgehead atoms. The Labute approximate surface area is 120 Å². The third kappa shape index (κ3) is 2.67. The van der Waals surface area contributed by atoms with Crippen molar-refractivity contribution in [2.24, 2.45) is 0 Å². The van der Waals surface area contributed by atoms with Crippen LogP contribution >= 0.6 is 0 Å². The van der Waals surface area contributed by atoms with Gasteiger partial charge in [0.25, 0.3) is 5.89 Å². The minimum atomic E-state index is -0.321. The van der Waals surface area contributed by atoms with Crippen LogP contribution in [0.3, 0.4) is 0 Å². The molecule has 0 saturated heterocycles. The van der Waals surface area contributed by atoms with Crippen molar-refractivity contribution in [1.82, 2.24) is 4.98 Å². The van der Waals surface area contributed by atoms with Gasteiger partial charge in [-0.3, -0.25) is 9.59 Å². The van der Waals surface area contributed by atoms with Gasteiger partial charge in [0.1, 0.15) is 5.52 Å². The normalized spacial score (nSPS) is 10.5. The quantitative estimate of drug-likeness (QED) is 0.748. The van der Waals surface area contributed by atoms with E-state index in [1.807, 2.05) is 12.1 Å². The second-order valence-corrected chi connectivity index (χ2v) is 4.58. The van der Waals surface area contributed by atoms with E-state index in [-0.39, 0.29) is 17.6 Å². The number of anilines is 1. The molecule has 3 aromatic rings. The van der Waals surface area contributed by atoms with Crippen LogP contribution in [0.2, 0.25) is 0 Å². The maximum Gasteiger partial charge on any atom is 0.269 e. The molecule has 0 spiro atoms. The standard InChI is InChI=1S/C16H12N2O3/c1-10(19)17-12-6-4-5-11(9-12)15(20)16-18-13-7-2-3-8-14(13)21-16/h2-9H,1H3,(H,17,19). The monoisotopic (exact) mass is 280 g/mol. The molecule has 1 heterocycles. The lowest BCUT2D eigenvalue weighted by atomic mass is 10.1. The molecule has 1 aromatic heterocycles. The first-order chi connectivity index (χ1) is 10.1. The van der Waals surface area contributed by atoms with E-state index < -0.39 is 0 Å². The maximum atomic E-state index is 12.4. The summed E-state index contributed by atoms with van der Waals surface area (Å²) in [6, 6.07) is 13.8. The SMILES string of the molecule is CC(=O)Nc1cccc(C(=O)c2nc3ccccc3o2)c1. The molecule has 0 radical (unpaired) electrons. The highest BCUT2D eigenvalue weighted by molar-refractivity contribution is 6.07. The highest BCUT2D eigenvalue weighted by atomic mass is 16.4. The predicted octanol–water partition coefficient (Wildman–Crippen LogP) is 3.02. The van der Waals surface area contributed by atoms with E-state index in [0.717, 1.165) is 0 Å². The molecule has 0 aliphatic heterocycles. The first-order valence-corrected chi connectivity index (χ1v) is 6.41. The van der Waals surface area contributed by atoms with E-state index in [4.69, 9.17) is 4.42 Å². The van der Waals surface area contributed by atoms with Crippen LogP contribution in [-0.4, -0.2) is 16.7 Å². The fourth-order valence-electron chi connectivity index (χ4n) is 2.03. The number of nitrogens with zero attached hydrogens (tertiary/aromatic N) is 1. The Balaban J connectivity index is 1.95. The van der Waals surface area contributed by atoms with Crippen LogP contribution in [-0.2, 0) is 4.79 Å². The lowest BCUT2D eigenvalue weighted by Crippen LogP contribution is -2.07. The molecule has 1 N–H and O–H groups in total. The number of fused-ring (bicyclic) bond motifs is 1. The molecule has 0 aliphatic carbocycles. The van der Waals surface area contributed by atoms with Crippen LogP contribution < -0.4 is 5.32 Å². The highest BCUT2D eigenvalue weighted by Crippen LogP contribution is 2.19. The number of oxazole rings is 1. The van der Waals surface area contributed by atoms with Crippen molar-refractivity contribution in [3.05, 3.63) is 60.0 Å². The minimum Gasteiger partial charge on any atom is -0.433 e. The smallest absolute Gasteiger partial charge is 0.269 e. The fraction of sp³-hybridized carbons (Fsp3) is 0.0625. The zero-order valence-electron chi connectivity index (χ0n) is 11.3. The molecule has 21 heavy (non-hydrogen) atoms. The minimum absolute atomic E-state index is 0.0381. The Hall–Kier alpha value is -2.95. The third-order valence-electron chi connectivity index (χ3n) is 2.93. The van der Waals surface area contributed by atoms with Crippen molar-refractivity contribution in [2.45, 2.75) is 6.92 Å². The van der Waals surface area contributed by atoms with Crippen LogP contribution in [0.15, 0.2) is 52.9 Å². The van der Waals surface area contributed by atoms with Crippen molar-refractivity contribution >= 4 is 28.5 Å². The number of amides is 1. The van der Waals surface area contributed by atoms with Gasteiger partial charge in [-0.2, -0.15) is 0 Å². The first-order valence-electron chi connectivity index (χ1n) is 6.41. The van der Waals surface area contributed by atoms with Gasteiger partial charge < -0.3 is 9.73 Å². The summed E-state index contributed by atoms with van der Waals surface area (Å²) in [6.45, 7) is 1.41. The highest BCUT2D eigenvalue weighted by Gasteiger charge is 2.16. The van der Waals surface area contributed by atoms with E-state index >= 15 is 0 Å². The Morgan fingerprint density at radius 1 is 1.10 bits per heavy atom. The van der Waals surface area contributed by atoms with Crippen LogP contribution in [0.5, 0.6) is 0 Å². The van der Waals surface area contributed by atoms with Gasteiger partial charge >= 0.3 is 0 Å². The predicted molar refractivity (Wildman–Crippen MR) is 78.2 cm³/mol. The Morgan fingerprint density at radius 3 is 2.67 bits per heavy atom. The summed E-state index contributed by atoms with van der Waals surface area (Å²) in [5.74, 6) is -0.476. The van der Waals surface area contributed by atoms with Crippen molar-refractivity contribution in [1.29, 1.82) is 0 Å². The molecular formula is C16H12N2O3. The number of carbonyl (C=O) groups is 2. The second kappa shape index (κ2) is 5.20. The summed E-state index contributed by atoms with van der Waals surface area (Å²) in [4.78, 5) is 27.6. The molecule has 0 unspecified atom stereocenters. The van der Waals surface area contributed by atoms with Gasteiger partial charge in [-0.05, 0) is 24.3 Å². The van der Waals surface area contributed by atoms with Crippen molar-refractivity contribution in [3.63, 3.8) is 0 Å². The first kappa shape index (κ1) is 13.1. The van der Waals surface area contributed by atoms with E-state index in [0.29, 0.717) is 22.4 Å². The van der Waals surface area contributed by atoms with Gasteiger partial charge in [0.2, 0.25) is 11.7 Å². The average Bonchev–Trinajstić information content (AvgIpc) is 2.90. The Morgan fingerprint density at radius 2 is 1.90 bits per heavy atom. The van der Waals surface area contributed by atoms with Crippen molar-refractivity contribution in [3.8, 4) is 0 Å². The summed E-state index contributed by atoms with van der Waals surface area (Å²) in [5, 5.41) is 2.64. The van der Waals surface area contributed by atoms with Crippen LogP contribution in [0.4, 0.5) is 5.69 Å². The largest absolute Gasteiger partial charge is 0.433 e. The number of rotatable bonds is 3. The zero-order chi connectivity index (χ0) is 14.8. The second-order valence-electron chi connectivity index (χ2n) is 4.58. The topological polar surface area (TPSA) is 72.2 Å². The molecule has 3 rings (SSSR count). The molecule has 5 heteroatoms. The molecule has 104 valence electrons. The maximum absolute atomic E-state index is 12.4. The summed E-state index contributed by atoms with van der Waals surface area (Å²) >= 11 is 0. The molecular weight excluding hydrogens is 268 g/mol.